The topological polar surface area (TPSA) is 185 Å². The van der Waals surface area contributed by atoms with Crippen molar-refractivity contribution in [1.29, 1.82) is 0 Å². The first-order valence-corrected chi connectivity index (χ1v) is 29.1. The van der Waals surface area contributed by atoms with Gasteiger partial charge in [-0.05, 0) is 137 Å². The van der Waals surface area contributed by atoms with E-state index < -0.39 is 23.5 Å². The number of fused-ring (bicyclic) bond motifs is 8. The summed E-state index contributed by atoms with van der Waals surface area (Å²) >= 11 is 0. The van der Waals surface area contributed by atoms with Gasteiger partial charge in [0, 0.05) is 49.9 Å². The minimum absolute atomic E-state index is 0.0705. The Labute approximate surface area is 506 Å². The number of aromatic nitrogens is 4. The van der Waals surface area contributed by atoms with Gasteiger partial charge in [-0.1, -0.05) is 204 Å². The van der Waals surface area contributed by atoms with Crippen molar-refractivity contribution in [3.63, 3.8) is 0 Å². The van der Waals surface area contributed by atoms with Gasteiger partial charge in [-0.3, -0.25) is 9.59 Å². The Morgan fingerprint density at radius 3 is 1.14 bits per heavy atom. The summed E-state index contributed by atoms with van der Waals surface area (Å²) in [6.45, 7) is 40.0. The number of benzene rings is 3. The molecule has 3 aromatic heterocycles. The van der Waals surface area contributed by atoms with E-state index in [1.165, 1.54) is 35.4 Å². The van der Waals surface area contributed by atoms with Gasteiger partial charge in [-0.25, -0.2) is 19.6 Å². The van der Waals surface area contributed by atoms with Crippen molar-refractivity contribution in [2.75, 3.05) is 0 Å². The van der Waals surface area contributed by atoms with Gasteiger partial charge in [-0.15, -0.1) is 0 Å². The molecular formula is C74H82N4O8. The molecule has 0 spiro atoms. The normalized spacial score (nSPS) is 13.8. The zero-order chi connectivity index (χ0) is 63.2. The molecule has 0 amide bonds. The van der Waals surface area contributed by atoms with E-state index in [1.807, 2.05) is 18.2 Å². The number of hydrogen-bond donors (Lipinski definition) is 4. The van der Waals surface area contributed by atoms with Gasteiger partial charge in [0.2, 0.25) is 11.5 Å². The molecule has 0 fully saturated rings. The van der Waals surface area contributed by atoms with E-state index >= 15 is 0 Å². The number of carbonyl (C=O) groups excluding carboxylic acids is 2. The summed E-state index contributed by atoms with van der Waals surface area (Å²) in [5.74, 6) is -4.00. The fourth-order valence-electron chi connectivity index (χ4n) is 10.3. The number of ether oxygens (including phenoxy) is 2. The Balaban J connectivity index is 1.69. The summed E-state index contributed by atoms with van der Waals surface area (Å²) in [7, 11) is 0. The summed E-state index contributed by atoms with van der Waals surface area (Å²) in [4.78, 5) is 66.3. The van der Waals surface area contributed by atoms with Crippen LogP contribution in [0.2, 0.25) is 0 Å². The lowest BCUT2D eigenvalue weighted by atomic mass is 9.78. The maximum absolute atomic E-state index is 12.2. The number of aliphatic carboxylic acids is 2. The van der Waals surface area contributed by atoms with Gasteiger partial charge in [0.25, 0.3) is 12.9 Å². The molecule has 2 aliphatic rings. The lowest BCUT2D eigenvalue weighted by Gasteiger charge is -2.26. The number of carboxylic acids is 2. The lowest BCUT2D eigenvalue weighted by Crippen LogP contribution is -2.16. The van der Waals surface area contributed by atoms with Crippen LogP contribution in [0.4, 0.5) is 0 Å². The zero-order valence-electron chi connectivity index (χ0n) is 53.1. The summed E-state index contributed by atoms with van der Waals surface area (Å²) in [6, 6.07) is 28.5. The van der Waals surface area contributed by atoms with Gasteiger partial charge in [0.15, 0.2) is 0 Å². The van der Waals surface area contributed by atoms with Crippen LogP contribution < -0.4 is 0 Å². The maximum atomic E-state index is 12.2. The first kappa shape index (κ1) is 63.1. The number of allylic oxidation sites excluding steroid dienone is 6. The first-order valence-electron chi connectivity index (χ1n) is 29.1. The van der Waals surface area contributed by atoms with E-state index in [-0.39, 0.29) is 45.4 Å². The molecule has 5 heterocycles. The average Bonchev–Trinajstić information content (AvgIpc) is 1.54. The second kappa shape index (κ2) is 23.5. The number of hydrogen-bond acceptors (Lipinski definition) is 8. The summed E-state index contributed by atoms with van der Waals surface area (Å²) in [5.41, 5.74) is 17.3. The van der Waals surface area contributed by atoms with Crippen molar-refractivity contribution in [3.8, 4) is 33.4 Å². The Hall–Kier alpha value is -8.90. The Bertz CT molecular complexity index is 3990. The molecule has 0 unspecified atom stereocenters. The van der Waals surface area contributed by atoms with E-state index in [0.29, 0.717) is 39.3 Å². The molecule has 12 nitrogen and oxygen atoms in total. The predicted octanol–water partition coefficient (Wildman–Crippen LogP) is 17.7. The zero-order valence-corrected chi connectivity index (χ0v) is 53.1. The fourth-order valence-corrected chi connectivity index (χ4v) is 10.3. The van der Waals surface area contributed by atoms with E-state index in [9.17, 15) is 29.4 Å². The highest BCUT2D eigenvalue weighted by molar-refractivity contribution is 6.01. The van der Waals surface area contributed by atoms with Gasteiger partial charge in [-0.2, -0.15) is 0 Å². The number of rotatable bonds is 13. The van der Waals surface area contributed by atoms with E-state index in [1.54, 1.807) is 12.2 Å². The minimum atomic E-state index is -1.43. The Morgan fingerprint density at radius 2 is 0.779 bits per heavy atom. The highest BCUT2D eigenvalue weighted by atomic mass is 16.5. The molecule has 8 bridgehead atoms. The molecule has 8 rings (SSSR count). The van der Waals surface area contributed by atoms with E-state index in [0.717, 1.165) is 72.4 Å². The largest absolute Gasteiger partial charge is 0.475 e. The monoisotopic (exact) mass is 1150 g/mol. The molecule has 0 aliphatic carbocycles. The van der Waals surface area contributed by atoms with Crippen molar-refractivity contribution in [2.45, 2.75) is 157 Å². The second-order valence-corrected chi connectivity index (χ2v) is 28.5. The summed E-state index contributed by atoms with van der Waals surface area (Å²) in [6.07, 6.45) is 15.0. The van der Waals surface area contributed by atoms with Crippen LogP contribution in [0.3, 0.4) is 0 Å². The van der Waals surface area contributed by atoms with Crippen LogP contribution in [-0.4, -0.2) is 55.0 Å². The molecule has 4 N–H and O–H groups in total. The molecule has 0 saturated heterocycles. The average molecular weight is 1160 g/mol. The molecule has 3 aromatic carbocycles. The Kier molecular flexibility index (Phi) is 17.3. The quantitative estimate of drug-likeness (QED) is 0.0375. The van der Waals surface area contributed by atoms with Crippen molar-refractivity contribution in [3.05, 3.63) is 182 Å². The molecule has 6 aromatic rings. The summed E-state index contributed by atoms with van der Waals surface area (Å²) in [5, 5.41) is 19.9. The van der Waals surface area contributed by atoms with Gasteiger partial charge in [0.05, 0.1) is 22.8 Å². The third-order valence-electron chi connectivity index (χ3n) is 15.6. The molecule has 0 radical (unpaired) electrons. The van der Waals surface area contributed by atoms with Crippen molar-refractivity contribution < 1.29 is 38.9 Å². The molecule has 12 heteroatoms. The number of H-pyrrole nitrogens is 2. The summed E-state index contributed by atoms with van der Waals surface area (Å²) < 4.78 is 9.70. The molecule has 86 heavy (non-hydrogen) atoms. The fraction of sp³-hybridized carbons (Fsp3) is 0.324. The minimum Gasteiger partial charge on any atom is -0.475 e. The highest BCUT2D eigenvalue weighted by Crippen LogP contribution is 2.44. The Morgan fingerprint density at radius 1 is 0.430 bits per heavy atom. The third kappa shape index (κ3) is 14.1. The highest BCUT2D eigenvalue weighted by Gasteiger charge is 2.28. The van der Waals surface area contributed by atoms with Crippen molar-refractivity contribution >= 4 is 76.8 Å². The smallest absolute Gasteiger partial charge is 0.371 e. The van der Waals surface area contributed by atoms with Gasteiger partial charge >= 0.3 is 11.9 Å². The standard InChI is InChI=1S/C74H82N4O8/c1-69(2,3)48-29-45(30-49(37-48)70(4,5)6)64-54-25-27-56(75-54)65(46-31-50(71(7,8)9)38-51(32-46)72(10,11)12)60-35-43(21-19-23-62(67(81)82)85-41-79)58(77-60)40-59-44(22-20-24-63(68(83)84)86-42-80)36-61(78-59)66(57-28-26-55(64)76-57)47-33-52(73(13,14)15)39-53(34-47)74(16,17)18/h19-42,75,78H,1-18H3,(H,81,82)(H,83,84)/b21-19+,22-20+,58-40?,59-40?,62-23-,63-24-,64-54?,64-55?,65-56?,65-60?,66-57?,66-61?. The number of aromatic amines is 2. The van der Waals surface area contributed by atoms with Crippen LogP contribution in [0, 0.1) is 0 Å². The molecule has 2 aliphatic heterocycles. The van der Waals surface area contributed by atoms with Crippen molar-refractivity contribution in [1.82, 2.24) is 19.9 Å². The van der Waals surface area contributed by atoms with Crippen LogP contribution in [0.1, 0.15) is 186 Å². The number of nitrogens with one attached hydrogen (secondary N) is 2. The van der Waals surface area contributed by atoms with Crippen LogP contribution in [0.15, 0.2) is 121 Å². The molecular weight excluding hydrogens is 1070 g/mol. The molecule has 446 valence electrons. The van der Waals surface area contributed by atoms with Gasteiger partial charge in [0.1, 0.15) is 0 Å². The van der Waals surface area contributed by atoms with Crippen LogP contribution in [0.25, 0.3) is 85.3 Å². The first-order chi connectivity index (χ1) is 39.9. The number of nitrogens with zero attached hydrogens (tertiary/aromatic N) is 2. The molecule has 0 saturated carbocycles. The predicted molar refractivity (Wildman–Crippen MR) is 350 cm³/mol. The van der Waals surface area contributed by atoms with Crippen LogP contribution in [0.5, 0.6) is 0 Å². The van der Waals surface area contributed by atoms with Crippen molar-refractivity contribution in [2.24, 2.45) is 0 Å². The van der Waals surface area contributed by atoms with E-state index in [2.05, 4.69) is 213 Å². The SMILES string of the molecule is CC(C)(C)c1cc(-c2c3nc(c(-c4cc(C(C)(C)C)cc(C(C)(C)C)c4)c4ccc([nH]4)c(-c4cc(C(C)(C)C)cc(C(C)(C)C)c4)c4nc(cc5[nH]c2cc5/C=C/C=C(\OC=O)C(=O)O)C(/C=C/C=C(\OC=O)C(=O)O)=C4)C=C3)cc(C(C)(C)C)c1. The van der Waals surface area contributed by atoms with Crippen LogP contribution >= 0.6 is 0 Å². The third-order valence-corrected chi connectivity index (χ3v) is 15.6. The number of carboxylic acid groups (broad SMARTS) is 2. The van der Waals surface area contributed by atoms with Gasteiger partial charge < -0.3 is 29.7 Å². The maximum Gasteiger partial charge on any atom is 0.371 e. The van der Waals surface area contributed by atoms with Crippen LogP contribution in [-0.2, 0) is 61.1 Å². The van der Waals surface area contributed by atoms with E-state index in [4.69, 9.17) is 19.4 Å². The lowest BCUT2D eigenvalue weighted by molar-refractivity contribution is -0.141. The number of carbonyl (C=O) groups is 4. The second-order valence-electron chi connectivity index (χ2n) is 28.5. The molecule has 0 atom stereocenters.